The molecule has 2 aromatic rings. The molecule has 1 saturated heterocycles. The number of rotatable bonds is 6. The summed E-state index contributed by atoms with van der Waals surface area (Å²) < 4.78 is 39.4. The van der Waals surface area contributed by atoms with Crippen molar-refractivity contribution in [2.75, 3.05) is 19.6 Å². The van der Waals surface area contributed by atoms with Crippen LogP contribution in [0.25, 0.3) is 6.08 Å². The van der Waals surface area contributed by atoms with Crippen LogP contribution >= 0.6 is 0 Å². The lowest BCUT2D eigenvalue weighted by atomic mass is 10.1. The number of benzene rings is 1. The second-order valence-electron chi connectivity index (χ2n) is 6.89. The Morgan fingerprint density at radius 3 is 2.66 bits per heavy atom. The third kappa shape index (κ3) is 5.94. The number of carbonyl (C=O) groups is 2. The standard InChI is InChI=1S/C20H21F3N4O2/c21-20(22,23)17-5-2-15(3-6-17)4-7-18(28)24-12-19(29)26-11-8-16(13-26)14-27-10-1-9-25-27/h1-7,9-10,16H,8,11-14H2,(H,24,28)/b7-4+/t16-/m0/s1. The minimum atomic E-state index is -4.40. The minimum Gasteiger partial charge on any atom is -0.343 e. The van der Waals surface area contributed by atoms with Crippen molar-refractivity contribution in [1.29, 1.82) is 0 Å². The molecule has 1 fully saturated rings. The third-order valence-electron chi connectivity index (χ3n) is 4.72. The lowest BCUT2D eigenvalue weighted by Gasteiger charge is -2.16. The molecule has 6 nitrogen and oxygen atoms in total. The van der Waals surface area contributed by atoms with Crippen LogP contribution in [-0.2, 0) is 22.3 Å². The fourth-order valence-electron chi connectivity index (χ4n) is 3.17. The Morgan fingerprint density at radius 1 is 1.24 bits per heavy atom. The minimum absolute atomic E-state index is 0.120. The number of aromatic nitrogens is 2. The zero-order chi connectivity index (χ0) is 20.9. The zero-order valence-electron chi connectivity index (χ0n) is 15.6. The number of carbonyl (C=O) groups excluding carboxylic acids is 2. The van der Waals surface area contributed by atoms with E-state index in [0.717, 1.165) is 25.1 Å². The van der Waals surface area contributed by atoms with Crippen molar-refractivity contribution in [3.8, 4) is 0 Å². The Bertz CT molecular complexity index is 861. The van der Waals surface area contributed by atoms with Crippen LogP contribution in [0.1, 0.15) is 17.5 Å². The summed E-state index contributed by atoms with van der Waals surface area (Å²) >= 11 is 0. The molecule has 0 unspecified atom stereocenters. The van der Waals surface area contributed by atoms with E-state index in [1.165, 1.54) is 24.3 Å². The summed E-state index contributed by atoms with van der Waals surface area (Å²) in [5, 5.41) is 6.68. The van der Waals surface area contributed by atoms with Crippen molar-refractivity contribution in [2.45, 2.75) is 19.1 Å². The molecule has 0 saturated carbocycles. The van der Waals surface area contributed by atoms with Crippen molar-refractivity contribution >= 4 is 17.9 Å². The number of hydrogen-bond acceptors (Lipinski definition) is 3. The van der Waals surface area contributed by atoms with E-state index < -0.39 is 17.6 Å². The van der Waals surface area contributed by atoms with Gasteiger partial charge in [0, 0.05) is 38.1 Å². The first-order valence-electron chi connectivity index (χ1n) is 9.19. The van der Waals surface area contributed by atoms with Crippen molar-refractivity contribution < 1.29 is 22.8 Å². The van der Waals surface area contributed by atoms with Crippen LogP contribution in [-0.4, -0.2) is 46.1 Å². The number of hydrogen-bond donors (Lipinski definition) is 1. The summed E-state index contributed by atoms with van der Waals surface area (Å²) in [4.78, 5) is 25.9. The fraction of sp³-hybridized carbons (Fsp3) is 0.350. The smallest absolute Gasteiger partial charge is 0.343 e. The highest BCUT2D eigenvalue weighted by Crippen LogP contribution is 2.29. The van der Waals surface area contributed by atoms with Crippen LogP contribution in [0.15, 0.2) is 48.8 Å². The van der Waals surface area contributed by atoms with Crippen LogP contribution in [0.2, 0.25) is 0 Å². The third-order valence-corrected chi connectivity index (χ3v) is 4.72. The number of nitrogens with one attached hydrogen (secondary N) is 1. The van der Waals surface area contributed by atoms with Crippen LogP contribution in [0.3, 0.4) is 0 Å². The van der Waals surface area contributed by atoms with Crippen LogP contribution in [0, 0.1) is 5.92 Å². The highest BCUT2D eigenvalue weighted by molar-refractivity contribution is 5.94. The number of nitrogens with zero attached hydrogens (tertiary/aromatic N) is 3. The quantitative estimate of drug-likeness (QED) is 0.750. The van der Waals surface area contributed by atoms with Crippen LogP contribution < -0.4 is 5.32 Å². The van der Waals surface area contributed by atoms with Crippen molar-refractivity contribution in [2.24, 2.45) is 5.92 Å². The molecule has 1 aliphatic rings. The maximum Gasteiger partial charge on any atom is 0.416 e. The molecular weight excluding hydrogens is 385 g/mol. The predicted octanol–water partition coefficient (Wildman–Crippen LogP) is 2.58. The largest absolute Gasteiger partial charge is 0.416 e. The Balaban J connectivity index is 1.42. The van der Waals surface area contributed by atoms with Gasteiger partial charge in [0.2, 0.25) is 11.8 Å². The second-order valence-corrected chi connectivity index (χ2v) is 6.89. The number of amides is 2. The molecule has 9 heteroatoms. The molecule has 1 aromatic heterocycles. The molecule has 1 N–H and O–H groups in total. The summed E-state index contributed by atoms with van der Waals surface area (Å²) in [5.41, 5.74) is -0.290. The van der Waals surface area contributed by atoms with Gasteiger partial charge < -0.3 is 10.2 Å². The fourth-order valence-corrected chi connectivity index (χ4v) is 3.17. The van der Waals surface area contributed by atoms with Crippen molar-refractivity contribution in [1.82, 2.24) is 20.0 Å². The Morgan fingerprint density at radius 2 is 2.00 bits per heavy atom. The van der Waals surface area contributed by atoms with E-state index in [-0.39, 0.29) is 12.5 Å². The molecule has 3 rings (SSSR count). The van der Waals surface area contributed by atoms with E-state index in [1.807, 2.05) is 16.9 Å². The van der Waals surface area contributed by atoms with Gasteiger partial charge in [-0.1, -0.05) is 12.1 Å². The molecule has 0 radical (unpaired) electrons. The first-order chi connectivity index (χ1) is 13.8. The topological polar surface area (TPSA) is 67.2 Å². The van der Waals surface area contributed by atoms with E-state index in [0.29, 0.717) is 24.6 Å². The Hall–Kier alpha value is -3.10. The van der Waals surface area contributed by atoms with Gasteiger partial charge in [-0.25, -0.2) is 0 Å². The van der Waals surface area contributed by atoms with E-state index >= 15 is 0 Å². The predicted molar refractivity (Wildman–Crippen MR) is 100 cm³/mol. The molecule has 29 heavy (non-hydrogen) atoms. The Kier molecular flexibility index (Phi) is 6.36. The van der Waals surface area contributed by atoms with Gasteiger partial charge in [-0.05, 0) is 42.2 Å². The van der Waals surface area contributed by atoms with Gasteiger partial charge in [-0.2, -0.15) is 18.3 Å². The summed E-state index contributed by atoms with van der Waals surface area (Å²) in [6, 6.07) is 6.32. The van der Waals surface area contributed by atoms with Gasteiger partial charge in [0.05, 0.1) is 12.1 Å². The number of alkyl halides is 3. The highest BCUT2D eigenvalue weighted by atomic mass is 19.4. The molecule has 154 valence electrons. The summed E-state index contributed by atoms with van der Waals surface area (Å²) in [5.74, 6) is -0.316. The van der Waals surface area contributed by atoms with Gasteiger partial charge >= 0.3 is 6.18 Å². The maximum atomic E-state index is 12.5. The molecule has 2 heterocycles. The monoisotopic (exact) mass is 406 g/mol. The Labute approximate surface area is 166 Å². The van der Waals surface area contributed by atoms with Gasteiger partial charge in [0.15, 0.2) is 0 Å². The zero-order valence-corrected chi connectivity index (χ0v) is 15.6. The molecule has 1 aromatic carbocycles. The molecule has 2 amide bonds. The van der Waals surface area contributed by atoms with Crippen molar-refractivity contribution in [3.63, 3.8) is 0 Å². The lowest BCUT2D eigenvalue weighted by molar-refractivity contribution is -0.137. The molecular formula is C20H21F3N4O2. The number of likely N-dealkylation sites (tertiary alicyclic amines) is 1. The van der Waals surface area contributed by atoms with Gasteiger partial charge in [-0.3, -0.25) is 14.3 Å². The molecule has 0 bridgehead atoms. The normalized spacial score (nSPS) is 17.1. The first-order valence-corrected chi connectivity index (χ1v) is 9.19. The first kappa shape index (κ1) is 20.6. The average Bonchev–Trinajstić information content (AvgIpc) is 3.36. The van der Waals surface area contributed by atoms with Gasteiger partial charge in [-0.15, -0.1) is 0 Å². The molecule has 0 spiro atoms. The van der Waals surface area contributed by atoms with Crippen LogP contribution in [0.4, 0.5) is 13.2 Å². The van der Waals surface area contributed by atoms with Gasteiger partial charge in [0.1, 0.15) is 0 Å². The maximum absolute atomic E-state index is 12.5. The van der Waals surface area contributed by atoms with Gasteiger partial charge in [0.25, 0.3) is 0 Å². The molecule has 1 atom stereocenters. The van der Waals surface area contributed by atoms with E-state index in [9.17, 15) is 22.8 Å². The summed E-state index contributed by atoms with van der Waals surface area (Å²) in [6.45, 7) is 1.89. The number of halogens is 3. The molecule has 0 aliphatic carbocycles. The highest BCUT2D eigenvalue weighted by Gasteiger charge is 2.30. The van der Waals surface area contributed by atoms with Crippen molar-refractivity contribution in [3.05, 3.63) is 59.9 Å². The lowest BCUT2D eigenvalue weighted by Crippen LogP contribution is -2.38. The summed E-state index contributed by atoms with van der Waals surface area (Å²) in [7, 11) is 0. The summed E-state index contributed by atoms with van der Waals surface area (Å²) in [6.07, 6.45) is 2.68. The second kappa shape index (κ2) is 8.93. The van der Waals surface area contributed by atoms with E-state index in [4.69, 9.17) is 0 Å². The van der Waals surface area contributed by atoms with Crippen LogP contribution in [0.5, 0.6) is 0 Å². The van der Waals surface area contributed by atoms with E-state index in [2.05, 4.69) is 10.4 Å². The SMILES string of the molecule is O=C(/C=C/c1ccc(C(F)(F)F)cc1)NCC(=O)N1CC[C@H](Cn2cccn2)C1. The average molecular weight is 406 g/mol. The molecule has 1 aliphatic heterocycles. The van der Waals surface area contributed by atoms with E-state index in [1.54, 1.807) is 11.1 Å².